The van der Waals surface area contributed by atoms with E-state index in [9.17, 15) is 10.2 Å². The van der Waals surface area contributed by atoms with Crippen molar-refractivity contribution in [1.29, 1.82) is 0 Å². The lowest BCUT2D eigenvalue weighted by Crippen LogP contribution is -2.23. The molecule has 0 saturated carbocycles. The molecule has 0 heterocycles. The molecule has 15 heavy (non-hydrogen) atoms. The second kappa shape index (κ2) is 4.03. The van der Waals surface area contributed by atoms with Gasteiger partial charge in [-0.3, -0.25) is 0 Å². The van der Waals surface area contributed by atoms with Crippen LogP contribution >= 0.6 is 11.6 Å². The second-order valence-electron chi connectivity index (χ2n) is 4.57. The average molecular weight is 229 g/mol. The second-order valence-corrected chi connectivity index (χ2v) is 4.97. The van der Waals surface area contributed by atoms with Crippen LogP contribution in [-0.4, -0.2) is 16.8 Å². The van der Waals surface area contributed by atoms with E-state index in [0.717, 1.165) is 16.7 Å². The van der Waals surface area contributed by atoms with Gasteiger partial charge < -0.3 is 10.2 Å². The minimum absolute atomic E-state index is 0.0266. The molecule has 0 aliphatic carbocycles. The van der Waals surface area contributed by atoms with Crippen molar-refractivity contribution in [2.24, 2.45) is 0 Å². The Labute approximate surface area is 95.5 Å². The molecule has 0 aromatic heterocycles. The molecule has 0 spiro atoms. The predicted octanol–water partition coefficient (Wildman–Crippen LogP) is 2.93. The number of hydrogen-bond acceptors (Lipinski definition) is 2. The van der Waals surface area contributed by atoms with Crippen molar-refractivity contribution < 1.29 is 10.2 Å². The molecule has 84 valence electrons. The Morgan fingerprint density at radius 2 is 1.87 bits per heavy atom. The van der Waals surface area contributed by atoms with Crippen molar-refractivity contribution in [2.45, 2.75) is 33.1 Å². The van der Waals surface area contributed by atoms with Crippen LogP contribution in [0.5, 0.6) is 5.75 Å². The summed E-state index contributed by atoms with van der Waals surface area (Å²) in [5, 5.41) is 20.0. The number of aromatic hydroxyl groups is 1. The Hall–Kier alpha value is -0.730. The molecule has 1 aromatic rings. The van der Waals surface area contributed by atoms with Gasteiger partial charge in [0, 0.05) is 16.0 Å². The monoisotopic (exact) mass is 228 g/mol. The fourth-order valence-corrected chi connectivity index (χ4v) is 2.03. The highest BCUT2D eigenvalue weighted by Gasteiger charge is 2.27. The lowest BCUT2D eigenvalue weighted by molar-refractivity contribution is 0.214. The van der Waals surface area contributed by atoms with Gasteiger partial charge in [0.05, 0.1) is 6.61 Å². The summed E-state index contributed by atoms with van der Waals surface area (Å²) in [5.74, 6) is 0.232. The van der Waals surface area contributed by atoms with Crippen LogP contribution in [0.25, 0.3) is 0 Å². The summed E-state index contributed by atoms with van der Waals surface area (Å²) in [6.07, 6.45) is 0. The number of halogens is 1. The predicted molar refractivity (Wildman–Crippen MR) is 62.7 cm³/mol. The van der Waals surface area contributed by atoms with Crippen molar-refractivity contribution in [3.8, 4) is 5.75 Å². The summed E-state index contributed by atoms with van der Waals surface area (Å²) >= 11 is 6.06. The molecule has 1 aromatic carbocycles. The first-order valence-electron chi connectivity index (χ1n) is 4.91. The molecule has 0 atom stereocenters. The summed E-state index contributed by atoms with van der Waals surface area (Å²) in [6.45, 7) is 7.39. The maximum atomic E-state index is 10.00. The standard InChI is InChI=1S/C12H17ClO2/c1-7-5-9(13)8(2)10(11(7)15)12(3,4)6-14/h5,14-15H,6H2,1-4H3. The summed E-state index contributed by atoms with van der Waals surface area (Å²) < 4.78 is 0. The fourth-order valence-electron chi connectivity index (χ4n) is 1.77. The molecule has 0 aliphatic rings. The number of hydrogen-bond donors (Lipinski definition) is 2. The maximum Gasteiger partial charge on any atom is 0.122 e. The Morgan fingerprint density at radius 1 is 1.33 bits per heavy atom. The van der Waals surface area contributed by atoms with Gasteiger partial charge in [0.1, 0.15) is 5.75 Å². The normalized spacial score (nSPS) is 11.9. The van der Waals surface area contributed by atoms with Crippen molar-refractivity contribution >= 4 is 11.6 Å². The Kier molecular flexibility index (Phi) is 3.31. The van der Waals surface area contributed by atoms with Gasteiger partial charge in [-0.15, -0.1) is 0 Å². The summed E-state index contributed by atoms with van der Waals surface area (Å²) in [4.78, 5) is 0. The van der Waals surface area contributed by atoms with Crippen LogP contribution in [0, 0.1) is 13.8 Å². The molecule has 0 amide bonds. The van der Waals surface area contributed by atoms with Gasteiger partial charge in [-0.2, -0.15) is 0 Å². The van der Waals surface area contributed by atoms with Crippen molar-refractivity contribution in [3.05, 3.63) is 27.8 Å². The molecule has 0 aliphatic heterocycles. The van der Waals surface area contributed by atoms with Gasteiger partial charge in [-0.1, -0.05) is 25.4 Å². The van der Waals surface area contributed by atoms with Crippen LogP contribution in [0.3, 0.4) is 0 Å². The van der Waals surface area contributed by atoms with Crippen molar-refractivity contribution in [2.75, 3.05) is 6.61 Å². The molecule has 2 N–H and O–H groups in total. The molecule has 3 heteroatoms. The maximum absolute atomic E-state index is 10.00. The van der Waals surface area contributed by atoms with Crippen LogP contribution in [0.2, 0.25) is 5.02 Å². The minimum Gasteiger partial charge on any atom is -0.507 e. The SMILES string of the molecule is Cc1cc(Cl)c(C)c(C(C)(C)CO)c1O. The number of aliphatic hydroxyl groups excluding tert-OH is 1. The molecule has 0 unspecified atom stereocenters. The quantitative estimate of drug-likeness (QED) is 0.817. The molecule has 0 bridgehead atoms. The highest BCUT2D eigenvalue weighted by Crippen LogP contribution is 2.38. The van der Waals surface area contributed by atoms with Crippen LogP contribution in [0.1, 0.15) is 30.5 Å². The van der Waals surface area contributed by atoms with E-state index in [4.69, 9.17) is 11.6 Å². The van der Waals surface area contributed by atoms with E-state index >= 15 is 0 Å². The molecular weight excluding hydrogens is 212 g/mol. The number of rotatable bonds is 2. The Morgan fingerprint density at radius 3 is 2.33 bits per heavy atom. The van der Waals surface area contributed by atoms with E-state index in [2.05, 4.69) is 0 Å². The Bertz CT molecular complexity index is 357. The smallest absolute Gasteiger partial charge is 0.122 e. The number of phenols is 1. The van der Waals surface area contributed by atoms with E-state index in [1.54, 1.807) is 13.0 Å². The largest absolute Gasteiger partial charge is 0.507 e. The number of aryl methyl sites for hydroxylation is 1. The lowest BCUT2D eigenvalue weighted by atomic mass is 9.81. The van der Waals surface area contributed by atoms with Gasteiger partial charge in [0.2, 0.25) is 0 Å². The zero-order chi connectivity index (χ0) is 11.8. The summed E-state index contributed by atoms with van der Waals surface area (Å²) in [6, 6.07) is 1.74. The first kappa shape index (κ1) is 12.3. The minimum atomic E-state index is -0.482. The molecular formula is C12H17ClO2. The zero-order valence-electron chi connectivity index (χ0n) is 9.56. The Balaban J connectivity index is 3.53. The number of aliphatic hydroxyl groups is 1. The van der Waals surface area contributed by atoms with Crippen molar-refractivity contribution in [3.63, 3.8) is 0 Å². The third-order valence-electron chi connectivity index (χ3n) is 2.76. The van der Waals surface area contributed by atoms with E-state index in [1.807, 2.05) is 20.8 Å². The van der Waals surface area contributed by atoms with Crippen LogP contribution in [0.15, 0.2) is 6.07 Å². The number of phenolic OH excluding ortho intramolecular Hbond substituents is 1. The van der Waals surface area contributed by atoms with Gasteiger partial charge in [-0.05, 0) is 31.0 Å². The highest BCUT2D eigenvalue weighted by atomic mass is 35.5. The van der Waals surface area contributed by atoms with E-state index in [-0.39, 0.29) is 12.4 Å². The van der Waals surface area contributed by atoms with Gasteiger partial charge in [-0.25, -0.2) is 0 Å². The molecule has 0 saturated heterocycles. The molecule has 2 nitrogen and oxygen atoms in total. The summed E-state index contributed by atoms with van der Waals surface area (Å²) in [7, 11) is 0. The van der Waals surface area contributed by atoms with Crippen LogP contribution < -0.4 is 0 Å². The van der Waals surface area contributed by atoms with Gasteiger partial charge in [0.25, 0.3) is 0 Å². The molecule has 1 rings (SSSR count). The first-order valence-corrected chi connectivity index (χ1v) is 5.29. The fraction of sp³-hybridized carbons (Fsp3) is 0.500. The van der Waals surface area contributed by atoms with Gasteiger partial charge >= 0.3 is 0 Å². The third kappa shape index (κ3) is 2.11. The lowest BCUT2D eigenvalue weighted by Gasteiger charge is -2.27. The van der Waals surface area contributed by atoms with Gasteiger partial charge in [0.15, 0.2) is 0 Å². The van der Waals surface area contributed by atoms with Crippen LogP contribution in [-0.2, 0) is 5.41 Å². The molecule has 0 radical (unpaired) electrons. The molecule has 0 fully saturated rings. The highest BCUT2D eigenvalue weighted by molar-refractivity contribution is 6.31. The third-order valence-corrected chi connectivity index (χ3v) is 3.15. The first-order chi connectivity index (χ1) is 6.81. The van der Waals surface area contributed by atoms with E-state index in [0.29, 0.717) is 5.02 Å². The number of benzene rings is 1. The van der Waals surface area contributed by atoms with E-state index < -0.39 is 5.41 Å². The topological polar surface area (TPSA) is 40.5 Å². The summed E-state index contributed by atoms with van der Waals surface area (Å²) in [5.41, 5.74) is 1.82. The van der Waals surface area contributed by atoms with E-state index in [1.165, 1.54) is 0 Å². The average Bonchev–Trinajstić information content (AvgIpc) is 2.15. The zero-order valence-corrected chi connectivity index (χ0v) is 10.3. The van der Waals surface area contributed by atoms with Crippen LogP contribution in [0.4, 0.5) is 0 Å². The van der Waals surface area contributed by atoms with Crippen molar-refractivity contribution in [1.82, 2.24) is 0 Å².